The van der Waals surface area contributed by atoms with Gasteiger partial charge in [0.25, 0.3) is 0 Å². The highest BCUT2D eigenvalue weighted by molar-refractivity contribution is 5.81. The molecule has 1 fully saturated rings. The van der Waals surface area contributed by atoms with Crippen molar-refractivity contribution in [1.82, 2.24) is 10.2 Å². The van der Waals surface area contributed by atoms with Crippen LogP contribution in [0.15, 0.2) is 60.7 Å². The average molecular weight is 366 g/mol. The number of nitrogens with zero attached hydrogens (tertiary/aromatic N) is 2. The third-order valence-electron chi connectivity index (χ3n) is 5.65. The predicted molar refractivity (Wildman–Crippen MR) is 112 cm³/mol. The van der Waals surface area contributed by atoms with Crippen LogP contribution < -0.4 is 10.2 Å². The molecule has 1 N–H and O–H groups in total. The Kier molecular flexibility index (Phi) is 6.88. The van der Waals surface area contributed by atoms with Crippen molar-refractivity contribution in [2.75, 3.05) is 37.6 Å². The molecule has 0 bridgehead atoms. The number of amides is 1. The molecule has 0 aromatic heterocycles. The maximum atomic E-state index is 12.7. The Hall–Kier alpha value is -2.33. The summed E-state index contributed by atoms with van der Waals surface area (Å²) in [6, 6.07) is 20.9. The average Bonchev–Trinajstić information content (AvgIpc) is 2.75. The summed E-state index contributed by atoms with van der Waals surface area (Å²) >= 11 is 0. The minimum Gasteiger partial charge on any atom is -0.369 e. The van der Waals surface area contributed by atoms with Crippen molar-refractivity contribution in [3.8, 4) is 0 Å². The van der Waals surface area contributed by atoms with Gasteiger partial charge in [-0.2, -0.15) is 0 Å². The third kappa shape index (κ3) is 5.10. The predicted octanol–water partition coefficient (Wildman–Crippen LogP) is 3.51. The lowest BCUT2D eigenvalue weighted by molar-refractivity contribution is -0.126. The molecule has 2 atom stereocenters. The van der Waals surface area contributed by atoms with Crippen molar-refractivity contribution in [3.05, 3.63) is 66.2 Å². The Labute approximate surface area is 163 Å². The highest BCUT2D eigenvalue weighted by Gasteiger charge is 2.26. The smallest absolute Gasteiger partial charge is 0.237 e. The monoisotopic (exact) mass is 365 g/mol. The first-order valence-corrected chi connectivity index (χ1v) is 10.1. The van der Waals surface area contributed by atoms with Gasteiger partial charge in [0.05, 0.1) is 6.04 Å². The van der Waals surface area contributed by atoms with E-state index >= 15 is 0 Å². The number of hydrogen-bond acceptors (Lipinski definition) is 3. The fourth-order valence-corrected chi connectivity index (χ4v) is 3.77. The molecular formula is C23H31N3O. The molecule has 144 valence electrons. The van der Waals surface area contributed by atoms with Crippen molar-refractivity contribution in [2.24, 2.45) is 0 Å². The van der Waals surface area contributed by atoms with Crippen LogP contribution in [0.1, 0.15) is 31.7 Å². The van der Waals surface area contributed by atoms with Crippen LogP contribution in [0.5, 0.6) is 0 Å². The molecule has 1 amide bonds. The lowest BCUT2D eigenvalue weighted by Crippen LogP contribution is -2.54. The van der Waals surface area contributed by atoms with Crippen LogP contribution in [0.25, 0.3) is 0 Å². The fraction of sp³-hybridized carbons (Fsp3) is 0.435. The Balaban J connectivity index is 1.48. The highest BCUT2D eigenvalue weighted by Crippen LogP contribution is 2.19. The number of rotatable bonds is 7. The van der Waals surface area contributed by atoms with Gasteiger partial charge in [-0.1, -0.05) is 55.5 Å². The Morgan fingerprint density at radius 1 is 0.963 bits per heavy atom. The summed E-state index contributed by atoms with van der Waals surface area (Å²) < 4.78 is 0. The highest BCUT2D eigenvalue weighted by atomic mass is 16.2. The number of para-hydroxylation sites is 1. The number of piperazine rings is 1. The molecular weight excluding hydrogens is 334 g/mol. The molecule has 1 heterocycles. The topological polar surface area (TPSA) is 35.6 Å². The van der Waals surface area contributed by atoms with Gasteiger partial charge in [-0.3, -0.25) is 9.69 Å². The van der Waals surface area contributed by atoms with Crippen molar-refractivity contribution in [1.29, 1.82) is 0 Å². The van der Waals surface area contributed by atoms with Crippen LogP contribution in [-0.2, 0) is 4.79 Å². The van der Waals surface area contributed by atoms with Crippen LogP contribution >= 0.6 is 0 Å². The van der Waals surface area contributed by atoms with E-state index in [4.69, 9.17) is 0 Å². The van der Waals surface area contributed by atoms with Crippen LogP contribution in [0.4, 0.5) is 5.69 Å². The van der Waals surface area contributed by atoms with E-state index in [2.05, 4.69) is 70.6 Å². The molecule has 0 saturated carbocycles. The second-order valence-electron chi connectivity index (χ2n) is 7.30. The lowest BCUT2D eigenvalue weighted by atomic mass is 9.96. The van der Waals surface area contributed by atoms with Gasteiger partial charge >= 0.3 is 0 Å². The molecule has 0 unspecified atom stereocenters. The van der Waals surface area contributed by atoms with Gasteiger partial charge < -0.3 is 10.2 Å². The van der Waals surface area contributed by atoms with E-state index in [0.717, 1.165) is 32.6 Å². The van der Waals surface area contributed by atoms with Crippen molar-refractivity contribution < 1.29 is 4.79 Å². The van der Waals surface area contributed by atoms with Crippen molar-refractivity contribution in [2.45, 2.75) is 32.2 Å². The quantitative estimate of drug-likeness (QED) is 0.816. The zero-order chi connectivity index (χ0) is 19.1. The van der Waals surface area contributed by atoms with E-state index in [1.165, 1.54) is 11.3 Å². The molecule has 1 aliphatic heterocycles. The normalized spacial score (nSPS) is 17.3. The van der Waals surface area contributed by atoms with Gasteiger partial charge in [0.15, 0.2) is 0 Å². The number of anilines is 1. The number of benzene rings is 2. The third-order valence-corrected chi connectivity index (χ3v) is 5.65. The van der Waals surface area contributed by atoms with Gasteiger partial charge in [-0.15, -0.1) is 0 Å². The zero-order valence-electron chi connectivity index (χ0n) is 16.5. The molecule has 4 nitrogen and oxygen atoms in total. The van der Waals surface area contributed by atoms with E-state index in [-0.39, 0.29) is 11.9 Å². The molecule has 27 heavy (non-hydrogen) atoms. The van der Waals surface area contributed by atoms with Crippen molar-refractivity contribution >= 4 is 11.6 Å². The largest absolute Gasteiger partial charge is 0.369 e. The summed E-state index contributed by atoms with van der Waals surface area (Å²) in [6.45, 7) is 8.66. The van der Waals surface area contributed by atoms with Gasteiger partial charge in [0, 0.05) is 44.3 Å². The van der Waals surface area contributed by atoms with Crippen LogP contribution in [-0.4, -0.2) is 49.6 Å². The molecule has 1 aliphatic rings. The molecule has 0 spiro atoms. The summed E-state index contributed by atoms with van der Waals surface area (Å²) in [6.07, 6.45) is 1.02. The standard InChI is InChI=1S/C23H31N3O/c1-3-20(21-10-6-4-7-11-21)18-24-23(27)19(2)25-14-16-26(17-15-25)22-12-8-5-9-13-22/h4-13,19-20H,3,14-18H2,1-2H3,(H,24,27)/t19-,20+/m0/s1. The van der Waals surface area contributed by atoms with E-state index in [1.54, 1.807) is 0 Å². The van der Waals surface area contributed by atoms with E-state index in [1.807, 2.05) is 19.1 Å². The fourth-order valence-electron chi connectivity index (χ4n) is 3.77. The maximum absolute atomic E-state index is 12.7. The van der Waals surface area contributed by atoms with E-state index < -0.39 is 0 Å². The van der Waals surface area contributed by atoms with Gasteiger partial charge in [-0.25, -0.2) is 0 Å². The first-order chi connectivity index (χ1) is 13.2. The van der Waals surface area contributed by atoms with Gasteiger partial charge in [0.1, 0.15) is 0 Å². The SMILES string of the molecule is CC[C@H](CNC(=O)[C@H](C)N1CCN(c2ccccc2)CC1)c1ccccc1. The van der Waals surface area contributed by atoms with Crippen molar-refractivity contribution in [3.63, 3.8) is 0 Å². The van der Waals surface area contributed by atoms with Crippen LogP contribution in [0, 0.1) is 0 Å². The number of carbonyl (C=O) groups excluding carboxylic acids is 1. The number of nitrogens with one attached hydrogen (secondary N) is 1. The first-order valence-electron chi connectivity index (χ1n) is 10.1. The Morgan fingerprint density at radius 2 is 1.56 bits per heavy atom. The first kappa shape index (κ1) is 19.4. The summed E-state index contributed by atoms with van der Waals surface area (Å²) in [4.78, 5) is 17.4. The second-order valence-corrected chi connectivity index (χ2v) is 7.30. The lowest BCUT2D eigenvalue weighted by Gasteiger charge is -2.38. The molecule has 3 rings (SSSR count). The summed E-state index contributed by atoms with van der Waals surface area (Å²) in [7, 11) is 0. The summed E-state index contributed by atoms with van der Waals surface area (Å²) in [5, 5.41) is 3.18. The molecule has 0 radical (unpaired) electrons. The van der Waals surface area contributed by atoms with Crippen LogP contribution in [0.3, 0.4) is 0 Å². The number of hydrogen-bond donors (Lipinski definition) is 1. The minimum absolute atomic E-state index is 0.0868. The number of carbonyl (C=O) groups is 1. The summed E-state index contributed by atoms with van der Waals surface area (Å²) in [5.41, 5.74) is 2.56. The zero-order valence-corrected chi connectivity index (χ0v) is 16.5. The molecule has 1 saturated heterocycles. The maximum Gasteiger partial charge on any atom is 0.237 e. The van der Waals surface area contributed by atoms with Crippen LogP contribution in [0.2, 0.25) is 0 Å². The van der Waals surface area contributed by atoms with E-state index in [9.17, 15) is 4.79 Å². The Morgan fingerprint density at radius 3 is 2.15 bits per heavy atom. The Bertz CT molecular complexity index is 696. The molecule has 2 aromatic carbocycles. The van der Waals surface area contributed by atoms with Gasteiger partial charge in [0.2, 0.25) is 5.91 Å². The molecule has 4 heteroatoms. The van der Waals surface area contributed by atoms with Gasteiger partial charge in [-0.05, 0) is 31.0 Å². The molecule has 2 aromatic rings. The minimum atomic E-state index is -0.0868. The second kappa shape index (κ2) is 9.56. The molecule has 0 aliphatic carbocycles. The summed E-state index contributed by atoms with van der Waals surface area (Å²) in [5.74, 6) is 0.509. The van der Waals surface area contributed by atoms with E-state index in [0.29, 0.717) is 12.5 Å².